The first-order valence-electron chi connectivity index (χ1n) is 7.39. The molecule has 0 radical (unpaired) electrons. The number of ether oxygens (including phenoxy) is 1. The van der Waals surface area contributed by atoms with Crippen molar-refractivity contribution in [3.8, 4) is 0 Å². The first-order valence-corrected chi connectivity index (χ1v) is 8.18. The highest BCUT2D eigenvalue weighted by Gasteiger charge is 2.10. The number of carbonyl (C=O) groups excluding carboxylic acids is 2. The van der Waals surface area contributed by atoms with Gasteiger partial charge in [-0.3, -0.25) is 4.79 Å². The van der Waals surface area contributed by atoms with Gasteiger partial charge in [-0.15, -0.1) is 0 Å². The molecule has 0 spiro atoms. The average Bonchev–Trinajstić information content (AvgIpc) is 2.61. The van der Waals surface area contributed by atoms with Crippen LogP contribution in [0, 0.1) is 6.92 Å². The number of anilines is 1. The van der Waals surface area contributed by atoms with E-state index < -0.39 is 5.97 Å². The molecule has 0 atom stereocenters. The molecule has 0 unspecified atom stereocenters. The Hall–Kier alpha value is -2.67. The third kappa shape index (κ3) is 5.72. The summed E-state index contributed by atoms with van der Waals surface area (Å²) in [6.07, 6.45) is 1.52. The van der Waals surface area contributed by atoms with Crippen molar-refractivity contribution in [3.05, 3.63) is 63.6 Å². The van der Waals surface area contributed by atoms with Gasteiger partial charge in [0.2, 0.25) is 0 Å². The van der Waals surface area contributed by atoms with Gasteiger partial charge in [-0.1, -0.05) is 39.3 Å². The number of aryl methyl sites for hydroxylation is 1. The molecule has 0 saturated heterocycles. The zero-order chi connectivity index (χ0) is 18.2. The number of hydrogen-bond donors (Lipinski definition) is 1. The van der Waals surface area contributed by atoms with Crippen LogP contribution in [0.5, 0.6) is 0 Å². The molecule has 0 aromatic heterocycles. The number of nitrogens with zero attached hydrogens (tertiary/aromatic N) is 1. The number of carbonyl (C=O) groups is 2. The molecular weight excluding hydrogens is 388 g/mol. The minimum absolute atomic E-state index is 0.241. The Morgan fingerprint density at radius 2 is 1.92 bits per heavy atom. The highest BCUT2D eigenvalue weighted by atomic mass is 79.9. The SMILES string of the molecule is COC(=O)c1ccc(C)c(NC(=O)CO/N=C\c2ccc(Br)cc2)c1. The van der Waals surface area contributed by atoms with Crippen molar-refractivity contribution in [2.45, 2.75) is 6.92 Å². The smallest absolute Gasteiger partial charge is 0.337 e. The fourth-order valence-electron chi connectivity index (χ4n) is 1.93. The van der Waals surface area contributed by atoms with Crippen LogP contribution in [0.3, 0.4) is 0 Å². The lowest BCUT2D eigenvalue weighted by atomic mass is 10.1. The topological polar surface area (TPSA) is 77.0 Å². The highest BCUT2D eigenvalue weighted by Crippen LogP contribution is 2.17. The fraction of sp³-hybridized carbons (Fsp3) is 0.167. The number of halogens is 1. The Labute approximate surface area is 153 Å². The summed E-state index contributed by atoms with van der Waals surface area (Å²) < 4.78 is 5.63. The van der Waals surface area contributed by atoms with Gasteiger partial charge in [0.05, 0.1) is 18.9 Å². The summed E-state index contributed by atoms with van der Waals surface area (Å²) in [5.41, 5.74) is 2.55. The van der Waals surface area contributed by atoms with E-state index in [0.717, 1.165) is 15.6 Å². The van der Waals surface area contributed by atoms with Gasteiger partial charge in [0.15, 0.2) is 6.61 Å². The van der Waals surface area contributed by atoms with Crippen molar-refractivity contribution in [1.82, 2.24) is 0 Å². The fourth-order valence-corrected chi connectivity index (χ4v) is 2.19. The molecule has 1 N–H and O–H groups in total. The molecule has 0 aliphatic carbocycles. The normalized spacial score (nSPS) is 10.5. The van der Waals surface area contributed by atoms with Crippen LogP contribution in [0.25, 0.3) is 0 Å². The maximum absolute atomic E-state index is 11.9. The summed E-state index contributed by atoms with van der Waals surface area (Å²) in [6, 6.07) is 12.4. The largest absolute Gasteiger partial charge is 0.465 e. The Morgan fingerprint density at radius 3 is 2.60 bits per heavy atom. The molecular formula is C18H17BrN2O4. The van der Waals surface area contributed by atoms with E-state index in [1.165, 1.54) is 13.3 Å². The molecule has 0 aliphatic rings. The maximum atomic E-state index is 11.9. The highest BCUT2D eigenvalue weighted by molar-refractivity contribution is 9.10. The molecule has 7 heteroatoms. The van der Waals surface area contributed by atoms with Gasteiger partial charge in [-0.2, -0.15) is 0 Å². The number of esters is 1. The molecule has 6 nitrogen and oxygen atoms in total. The van der Waals surface area contributed by atoms with Crippen LogP contribution in [0.4, 0.5) is 5.69 Å². The van der Waals surface area contributed by atoms with Crippen molar-refractivity contribution >= 4 is 39.7 Å². The summed E-state index contributed by atoms with van der Waals surface area (Å²) >= 11 is 3.34. The van der Waals surface area contributed by atoms with E-state index in [9.17, 15) is 9.59 Å². The third-order valence-electron chi connectivity index (χ3n) is 3.27. The number of hydrogen-bond acceptors (Lipinski definition) is 5. The molecule has 25 heavy (non-hydrogen) atoms. The lowest BCUT2D eigenvalue weighted by molar-refractivity contribution is -0.120. The third-order valence-corrected chi connectivity index (χ3v) is 3.80. The van der Waals surface area contributed by atoms with E-state index in [4.69, 9.17) is 4.84 Å². The maximum Gasteiger partial charge on any atom is 0.337 e. The summed E-state index contributed by atoms with van der Waals surface area (Å²) in [5, 5.41) is 6.44. The summed E-state index contributed by atoms with van der Waals surface area (Å²) in [5.74, 6) is -0.844. The Morgan fingerprint density at radius 1 is 1.20 bits per heavy atom. The number of methoxy groups -OCH3 is 1. The lowest BCUT2D eigenvalue weighted by Crippen LogP contribution is -2.18. The number of rotatable bonds is 6. The Balaban J connectivity index is 1.89. The van der Waals surface area contributed by atoms with Gasteiger partial charge in [0.1, 0.15) is 0 Å². The molecule has 0 heterocycles. The van der Waals surface area contributed by atoms with Crippen LogP contribution in [0.1, 0.15) is 21.5 Å². The zero-order valence-electron chi connectivity index (χ0n) is 13.8. The van der Waals surface area contributed by atoms with Crippen LogP contribution in [-0.4, -0.2) is 31.8 Å². The summed E-state index contributed by atoms with van der Waals surface area (Å²) in [4.78, 5) is 28.5. The van der Waals surface area contributed by atoms with E-state index in [0.29, 0.717) is 11.3 Å². The average molecular weight is 405 g/mol. The second-order valence-corrected chi connectivity index (χ2v) is 6.04. The number of oxime groups is 1. The predicted molar refractivity (Wildman–Crippen MR) is 98.8 cm³/mol. The number of benzene rings is 2. The standard InChI is InChI=1S/C18H17BrN2O4/c1-12-3-6-14(18(23)24-2)9-16(12)21-17(22)11-25-20-10-13-4-7-15(19)8-5-13/h3-10H,11H2,1-2H3,(H,21,22)/b20-10-. The van der Waals surface area contributed by atoms with Crippen molar-refractivity contribution in [2.75, 3.05) is 19.0 Å². The number of nitrogens with one attached hydrogen (secondary N) is 1. The molecule has 2 rings (SSSR count). The van der Waals surface area contributed by atoms with Gasteiger partial charge in [0, 0.05) is 10.2 Å². The minimum Gasteiger partial charge on any atom is -0.465 e. The summed E-state index contributed by atoms with van der Waals surface area (Å²) in [7, 11) is 1.30. The van der Waals surface area contributed by atoms with Crippen LogP contribution in [-0.2, 0) is 14.4 Å². The molecule has 2 aromatic rings. The van der Waals surface area contributed by atoms with Crippen molar-refractivity contribution < 1.29 is 19.2 Å². The number of amides is 1. The van der Waals surface area contributed by atoms with Crippen molar-refractivity contribution in [1.29, 1.82) is 0 Å². The summed E-state index contributed by atoms with van der Waals surface area (Å²) in [6.45, 7) is 1.58. The van der Waals surface area contributed by atoms with Gasteiger partial charge in [-0.25, -0.2) is 4.79 Å². The molecule has 0 saturated carbocycles. The molecule has 2 aromatic carbocycles. The van der Waals surface area contributed by atoms with E-state index in [1.807, 2.05) is 31.2 Å². The predicted octanol–water partition coefficient (Wildman–Crippen LogP) is 3.53. The molecule has 130 valence electrons. The van der Waals surface area contributed by atoms with E-state index >= 15 is 0 Å². The van der Waals surface area contributed by atoms with Crippen LogP contribution in [0.2, 0.25) is 0 Å². The molecule has 0 bridgehead atoms. The minimum atomic E-state index is -0.467. The van der Waals surface area contributed by atoms with Gasteiger partial charge < -0.3 is 14.9 Å². The van der Waals surface area contributed by atoms with E-state index in [2.05, 4.69) is 31.1 Å². The van der Waals surface area contributed by atoms with Crippen molar-refractivity contribution in [2.24, 2.45) is 5.16 Å². The van der Waals surface area contributed by atoms with Crippen LogP contribution < -0.4 is 5.32 Å². The second-order valence-electron chi connectivity index (χ2n) is 5.13. The first-order chi connectivity index (χ1) is 12.0. The van der Waals surface area contributed by atoms with Crippen LogP contribution >= 0.6 is 15.9 Å². The van der Waals surface area contributed by atoms with Gasteiger partial charge in [0.25, 0.3) is 5.91 Å². The van der Waals surface area contributed by atoms with Gasteiger partial charge in [-0.05, 0) is 42.3 Å². The molecule has 0 aliphatic heterocycles. The Bertz CT molecular complexity index is 788. The van der Waals surface area contributed by atoms with E-state index in [1.54, 1.807) is 18.2 Å². The zero-order valence-corrected chi connectivity index (χ0v) is 15.4. The second kappa shape index (κ2) is 8.98. The quantitative estimate of drug-likeness (QED) is 0.453. The van der Waals surface area contributed by atoms with Crippen LogP contribution in [0.15, 0.2) is 52.1 Å². The Kier molecular flexibility index (Phi) is 6.71. The van der Waals surface area contributed by atoms with E-state index in [-0.39, 0.29) is 12.5 Å². The molecule has 0 fully saturated rings. The van der Waals surface area contributed by atoms with Gasteiger partial charge >= 0.3 is 5.97 Å². The lowest BCUT2D eigenvalue weighted by Gasteiger charge is -2.09. The van der Waals surface area contributed by atoms with Crippen molar-refractivity contribution in [3.63, 3.8) is 0 Å². The molecule has 1 amide bonds. The monoisotopic (exact) mass is 404 g/mol. The first kappa shape index (κ1) is 18.7.